The number of anilines is 1. The molecule has 6 heteroatoms. The molecule has 118 valence electrons. The zero-order valence-electron chi connectivity index (χ0n) is 11.9. The molecule has 2 aromatic carbocycles. The molecule has 0 saturated heterocycles. The molecule has 0 aliphatic carbocycles. The first kappa shape index (κ1) is 15.6. The normalized spacial score (nSPS) is 15.2. The quantitative estimate of drug-likeness (QED) is 0.739. The summed E-state index contributed by atoms with van der Waals surface area (Å²) in [5.74, 6) is 0. The van der Waals surface area contributed by atoms with Gasteiger partial charge in [0, 0.05) is 5.69 Å². The predicted molar refractivity (Wildman–Crippen MR) is 86.5 cm³/mol. The number of rotatable bonds is 2. The monoisotopic (exact) mass is 336 g/mol. The highest BCUT2D eigenvalue weighted by atomic mass is 35.5. The number of hydrogen-bond donors (Lipinski definition) is 0. The summed E-state index contributed by atoms with van der Waals surface area (Å²) in [7, 11) is 0. The lowest BCUT2D eigenvalue weighted by Gasteiger charge is -2.29. The van der Waals surface area contributed by atoms with Crippen LogP contribution in [0.15, 0.2) is 65.7 Å². The first-order valence-electron chi connectivity index (χ1n) is 6.87. The van der Waals surface area contributed by atoms with Crippen molar-refractivity contribution in [3.8, 4) is 0 Å². The Balaban J connectivity index is 1.97. The Kier molecular flexibility index (Phi) is 4.13. The zero-order valence-corrected chi connectivity index (χ0v) is 12.6. The second kappa shape index (κ2) is 6.08. The van der Waals surface area contributed by atoms with E-state index < -0.39 is 11.7 Å². The maximum absolute atomic E-state index is 12.7. The molecule has 0 amide bonds. The van der Waals surface area contributed by atoms with Gasteiger partial charge in [-0.2, -0.15) is 13.2 Å². The van der Waals surface area contributed by atoms with Crippen molar-refractivity contribution in [3.05, 3.63) is 71.8 Å². The van der Waals surface area contributed by atoms with Gasteiger partial charge in [-0.25, -0.2) is 0 Å². The molecule has 0 saturated carbocycles. The van der Waals surface area contributed by atoms with Crippen LogP contribution < -0.4 is 4.90 Å². The van der Waals surface area contributed by atoms with E-state index in [2.05, 4.69) is 4.99 Å². The summed E-state index contributed by atoms with van der Waals surface area (Å²) in [6.07, 6.45) is -2.64. The third-order valence-corrected chi connectivity index (χ3v) is 3.71. The molecule has 1 heterocycles. The zero-order chi connectivity index (χ0) is 16.4. The Morgan fingerprint density at radius 3 is 2.22 bits per heavy atom. The van der Waals surface area contributed by atoms with Crippen LogP contribution in [0.3, 0.4) is 0 Å². The summed E-state index contributed by atoms with van der Waals surface area (Å²) < 4.78 is 38.1. The van der Waals surface area contributed by atoms with Crippen molar-refractivity contribution in [3.63, 3.8) is 0 Å². The lowest BCUT2D eigenvalue weighted by atomic mass is 10.1. The average molecular weight is 337 g/mol. The van der Waals surface area contributed by atoms with Crippen molar-refractivity contribution in [2.75, 3.05) is 11.6 Å². The van der Waals surface area contributed by atoms with Gasteiger partial charge in [-0.05, 0) is 35.9 Å². The second-order valence-electron chi connectivity index (χ2n) is 4.99. The lowest BCUT2D eigenvalue weighted by molar-refractivity contribution is -0.137. The number of allylic oxidation sites excluding steroid dienone is 1. The molecular weight excluding hydrogens is 325 g/mol. The van der Waals surface area contributed by atoms with Crippen LogP contribution in [0.1, 0.15) is 11.1 Å². The molecule has 2 aromatic rings. The van der Waals surface area contributed by atoms with Gasteiger partial charge in [-0.1, -0.05) is 41.9 Å². The van der Waals surface area contributed by atoms with Crippen LogP contribution in [0.2, 0.25) is 0 Å². The van der Waals surface area contributed by atoms with E-state index in [4.69, 9.17) is 11.6 Å². The largest absolute Gasteiger partial charge is 0.416 e. The van der Waals surface area contributed by atoms with Crippen molar-refractivity contribution in [2.24, 2.45) is 4.99 Å². The van der Waals surface area contributed by atoms with E-state index >= 15 is 0 Å². The summed E-state index contributed by atoms with van der Waals surface area (Å²) in [6, 6.07) is 14.5. The topological polar surface area (TPSA) is 15.6 Å². The first-order valence-corrected chi connectivity index (χ1v) is 7.25. The maximum Gasteiger partial charge on any atom is 0.416 e. The van der Waals surface area contributed by atoms with E-state index in [1.165, 1.54) is 12.1 Å². The molecule has 0 N–H and O–H groups in total. The highest BCUT2D eigenvalue weighted by molar-refractivity contribution is 6.69. The van der Waals surface area contributed by atoms with Crippen LogP contribution in [-0.2, 0) is 6.18 Å². The summed E-state index contributed by atoms with van der Waals surface area (Å²) in [5.41, 5.74) is 1.66. The number of hydrogen-bond acceptors (Lipinski definition) is 2. The third kappa shape index (κ3) is 3.40. The summed E-state index contributed by atoms with van der Waals surface area (Å²) in [5, 5.41) is 0.368. The summed E-state index contributed by atoms with van der Waals surface area (Å²) >= 11 is 6.00. The van der Waals surface area contributed by atoms with E-state index in [0.717, 1.165) is 23.4 Å². The Labute approximate surface area is 136 Å². The molecule has 0 radical (unpaired) electrons. The van der Waals surface area contributed by atoms with E-state index in [-0.39, 0.29) is 6.67 Å². The second-order valence-corrected chi connectivity index (χ2v) is 5.38. The molecule has 3 rings (SSSR count). The Hall–Kier alpha value is -2.27. The molecule has 0 aromatic heterocycles. The van der Waals surface area contributed by atoms with Gasteiger partial charge < -0.3 is 4.90 Å². The van der Waals surface area contributed by atoms with Gasteiger partial charge in [0.05, 0.1) is 11.3 Å². The first-order chi connectivity index (χ1) is 10.9. The van der Waals surface area contributed by atoms with Crippen LogP contribution in [0.5, 0.6) is 0 Å². The SMILES string of the molecule is FC(F)(F)c1ccc(N2CN=C(Cl)C=C2c2ccccc2)cc1. The third-order valence-electron chi connectivity index (χ3n) is 3.49. The van der Waals surface area contributed by atoms with Crippen molar-refractivity contribution in [1.82, 2.24) is 0 Å². The van der Waals surface area contributed by atoms with Crippen LogP contribution in [0.4, 0.5) is 18.9 Å². The molecule has 0 atom stereocenters. The minimum absolute atomic E-state index is 0.255. The van der Waals surface area contributed by atoms with Crippen LogP contribution >= 0.6 is 11.6 Å². The summed E-state index contributed by atoms with van der Waals surface area (Å²) in [6.45, 7) is 0.255. The van der Waals surface area contributed by atoms with E-state index in [1.54, 1.807) is 6.08 Å². The van der Waals surface area contributed by atoms with E-state index in [9.17, 15) is 13.2 Å². The number of halogens is 4. The number of nitrogens with zero attached hydrogens (tertiary/aromatic N) is 2. The lowest BCUT2D eigenvalue weighted by Crippen LogP contribution is -2.25. The number of alkyl halides is 3. The van der Waals surface area contributed by atoms with Crippen molar-refractivity contribution in [2.45, 2.75) is 6.18 Å². The standard InChI is InChI=1S/C17H12ClF3N2/c18-16-10-15(12-4-2-1-3-5-12)23(11-22-16)14-8-6-13(7-9-14)17(19,20)21/h1-10H,11H2. The van der Waals surface area contributed by atoms with Crippen LogP contribution in [0.25, 0.3) is 5.70 Å². The summed E-state index contributed by atoms with van der Waals surface area (Å²) in [4.78, 5) is 5.96. The Morgan fingerprint density at radius 2 is 1.61 bits per heavy atom. The predicted octanol–water partition coefficient (Wildman–Crippen LogP) is 5.16. The highest BCUT2D eigenvalue weighted by Gasteiger charge is 2.30. The fraction of sp³-hybridized carbons (Fsp3) is 0.118. The van der Waals surface area contributed by atoms with Gasteiger partial charge in [0.1, 0.15) is 11.8 Å². The molecular formula is C17H12ClF3N2. The minimum atomic E-state index is -4.35. The molecule has 1 aliphatic heterocycles. The molecule has 0 spiro atoms. The van der Waals surface area contributed by atoms with Crippen molar-refractivity contribution in [1.29, 1.82) is 0 Å². The average Bonchev–Trinajstić information content (AvgIpc) is 2.55. The highest BCUT2D eigenvalue weighted by Crippen LogP contribution is 2.33. The van der Waals surface area contributed by atoms with Gasteiger partial charge >= 0.3 is 6.18 Å². The number of aliphatic imine (C=N–C) groups is 1. The number of benzene rings is 2. The van der Waals surface area contributed by atoms with Crippen LogP contribution in [-0.4, -0.2) is 11.8 Å². The van der Waals surface area contributed by atoms with Crippen molar-refractivity contribution >= 4 is 28.2 Å². The molecule has 23 heavy (non-hydrogen) atoms. The Morgan fingerprint density at radius 1 is 0.957 bits per heavy atom. The molecule has 2 nitrogen and oxygen atoms in total. The smallest absolute Gasteiger partial charge is 0.321 e. The van der Waals surface area contributed by atoms with Gasteiger partial charge in [0.25, 0.3) is 0 Å². The van der Waals surface area contributed by atoms with Gasteiger partial charge in [-0.15, -0.1) is 0 Å². The van der Waals surface area contributed by atoms with E-state index in [1.807, 2.05) is 35.2 Å². The molecule has 0 unspecified atom stereocenters. The van der Waals surface area contributed by atoms with Gasteiger partial charge in [0.2, 0.25) is 0 Å². The van der Waals surface area contributed by atoms with E-state index in [0.29, 0.717) is 10.9 Å². The molecule has 1 aliphatic rings. The molecule has 0 bridgehead atoms. The Bertz CT molecular complexity index is 750. The van der Waals surface area contributed by atoms with Crippen LogP contribution in [0, 0.1) is 0 Å². The molecule has 0 fully saturated rings. The fourth-order valence-corrected chi connectivity index (χ4v) is 2.51. The minimum Gasteiger partial charge on any atom is -0.321 e. The van der Waals surface area contributed by atoms with Crippen molar-refractivity contribution < 1.29 is 13.2 Å². The van der Waals surface area contributed by atoms with Gasteiger partial charge in [0.15, 0.2) is 0 Å². The van der Waals surface area contributed by atoms with Gasteiger partial charge in [-0.3, -0.25) is 4.99 Å². The maximum atomic E-state index is 12.7. The fourth-order valence-electron chi connectivity index (χ4n) is 2.35.